The van der Waals surface area contributed by atoms with Crippen LogP contribution in [-0.2, 0) is 4.74 Å². The van der Waals surface area contributed by atoms with Gasteiger partial charge in [-0.05, 0) is 86.9 Å². The highest BCUT2D eigenvalue weighted by Gasteiger charge is 2.76. The van der Waals surface area contributed by atoms with E-state index in [1.54, 1.807) is 0 Å². The summed E-state index contributed by atoms with van der Waals surface area (Å²) in [5.74, 6) is 0.593. The highest BCUT2D eigenvalue weighted by molar-refractivity contribution is 5.10. The van der Waals surface area contributed by atoms with Gasteiger partial charge < -0.3 is 9.84 Å². The topological polar surface area (TPSA) is 29.5 Å². The van der Waals surface area contributed by atoms with Crippen LogP contribution in [0.1, 0.15) is 66.7 Å². The molecule has 0 amide bonds. The van der Waals surface area contributed by atoms with Crippen LogP contribution in [0.25, 0.3) is 0 Å². The predicted octanol–water partition coefficient (Wildman–Crippen LogP) is 8.48. The standard InChI is InChI=1S/C25H34F12O2/c1-11-8-14(18-16-9-15(17(11)18)12(2)13(16)3)6-7-21(24(32,33)34,25(35,36)37)39-19(4,5)10-20(38,22(26,27)28)23(29,30)31/h11-18,38H,6-10H2,1-5H3. The molecule has 3 aliphatic rings. The summed E-state index contributed by atoms with van der Waals surface area (Å²) in [6, 6.07) is 0. The third-order valence-electron chi connectivity index (χ3n) is 9.89. The highest BCUT2D eigenvalue weighted by atomic mass is 19.4. The van der Waals surface area contributed by atoms with Gasteiger partial charge in [-0.2, -0.15) is 52.7 Å². The summed E-state index contributed by atoms with van der Waals surface area (Å²) in [5, 5.41) is 9.47. The molecule has 0 aromatic heterocycles. The van der Waals surface area contributed by atoms with Crippen molar-refractivity contribution in [3.63, 3.8) is 0 Å². The smallest absolute Gasteiger partial charge is 0.374 e. The van der Waals surface area contributed by atoms with E-state index in [0.29, 0.717) is 18.3 Å². The molecule has 0 aromatic rings. The number of rotatable bonds is 7. The minimum atomic E-state index is -6.45. The van der Waals surface area contributed by atoms with Crippen molar-refractivity contribution in [1.82, 2.24) is 0 Å². The Kier molecular flexibility index (Phi) is 7.98. The first-order chi connectivity index (χ1) is 17.2. The average Bonchev–Trinajstić information content (AvgIpc) is 3.33. The van der Waals surface area contributed by atoms with Gasteiger partial charge in [0, 0.05) is 6.42 Å². The zero-order valence-corrected chi connectivity index (χ0v) is 22.0. The fourth-order valence-electron chi connectivity index (χ4n) is 8.16. The van der Waals surface area contributed by atoms with Crippen LogP contribution in [0.2, 0.25) is 0 Å². The second kappa shape index (κ2) is 9.55. The predicted molar refractivity (Wildman–Crippen MR) is 115 cm³/mol. The van der Waals surface area contributed by atoms with Crippen molar-refractivity contribution in [2.45, 2.75) is 108 Å². The summed E-state index contributed by atoms with van der Waals surface area (Å²) in [5.41, 5.74) is -14.0. The Balaban J connectivity index is 1.94. The lowest BCUT2D eigenvalue weighted by Gasteiger charge is -2.46. The van der Waals surface area contributed by atoms with E-state index in [4.69, 9.17) is 0 Å². The summed E-state index contributed by atoms with van der Waals surface area (Å²) >= 11 is 0. The van der Waals surface area contributed by atoms with Gasteiger partial charge in [0.05, 0.1) is 5.60 Å². The normalized spacial score (nSPS) is 34.6. The Bertz CT molecular complexity index is 859. The van der Waals surface area contributed by atoms with Crippen molar-refractivity contribution in [2.24, 2.45) is 47.3 Å². The van der Waals surface area contributed by atoms with Gasteiger partial charge >= 0.3 is 24.7 Å². The fourth-order valence-corrected chi connectivity index (χ4v) is 8.16. The zero-order valence-electron chi connectivity index (χ0n) is 22.0. The minimum Gasteiger partial charge on any atom is -0.374 e. The van der Waals surface area contributed by atoms with Gasteiger partial charge in [0.25, 0.3) is 11.2 Å². The van der Waals surface area contributed by atoms with E-state index in [1.165, 1.54) is 0 Å². The van der Waals surface area contributed by atoms with Crippen LogP contribution in [0.5, 0.6) is 0 Å². The highest BCUT2D eigenvalue weighted by Crippen LogP contribution is 2.67. The van der Waals surface area contributed by atoms with Gasteiger partial charge in [-0.3, -0.25) is 0 Å². The van der Waals surface area contributed by atoms with Crippen LogP contribution in [0.3, 0.4) is 0 Å². The molecule has 3 fully saturated rings. The van der Waals surface area contributed by atoms with Crippen LogP contribution in [-0.4, -0.2) is 46.6 Å². The first kappa shape index (κ1) is 32.6. The zero-order chi connectivity index (χ0) is 30.4. The van der Waals surface area contributed by atoms with E-state index in [-0.39, 0.29) is 43.4 Å². The van der Waals surface area contributed by atoms with Gasteiger partial charge in [0.1, 0.15) is 0 Å². The van der Waals surface area contributed by atoms with Crippen molar-refractivity contribution in [2.75, 3.05) is 0 Å². The van der Waals surface area contributed by atoms with Crippen molar-refractivity contribution in [3.05, 3.63) is 0 Å². The number of ether oxygens (including phenoxy) is 1. The molecule has 39 heavy (non-hydrogen) atoms. The molecule has 1 N–H and O–H groups in total. The van der Waals surface area contributed by atoms with E-state index in [1.807, 2.05) is 13.8 Å². The Morgan fingerprint density at radius 3 is 1.51 bits per heavy atom. The van der Waals surface area contributed by atoms with Crippen LogP contribution in [0, 0.1) is 47.3 Å². The SMILES string of the molecule is CC1CC(CCC(OC(C)(C)CC(O)(C(F)(F)F)C(F)(F)F)(C(F)(F)F)C(F)(F)F)C2C3CC(C(C)C3C)C12. The molecule has 14 heteroatoms. The van der Waals surface area contributed by atoms with Gasteiger partial charge in [-0.15, -0.1) is 0 Å². The second-order valence-electron chi connectivity index (χ2n) is 12.7. The molecule has 0 aliphatic heterocycles. The molecule has 0 radical (unpaired) electrons. The molecule has 3 aliphatic carbocycles. The van der Waals surface area contributed by atoms with E-state index >= 15 is 0 Å². The van der Waals surface area contributed by atoms with E-state index in [2.05, 4.69) is 11.7 Å². The van der Waals surface area contributed by atoms with Crippen LogP contribution in [0.15, 0.2) is 0 Å². The maximum Gasteiger partial charge on any atom is 0.426 e. The molecule has 0 aromatic carbocycles. The van der Waals surface area contributed by atoms with E-state index in [9.17, 15) is 57.8 Å². The summed E-state index contributed by atoms with van der Waals surface area (Å²) in [7, 11) is 0. The molecule has 8 unspecified atom stereocenters. The summed E-state index contributed by atoms with van der Waals surface area (Å²) in [6.07, 6.45) is -29.1. The molecule has 8 atom stereocenters. The second-order valence-corrected chi connectivity index (χ2v) is 12.7. The van der Waals surface area contributed by atoms with Gasteiger partial charge in [0.15, 0.2) is 0 Å². The molecule has 0 heterocycles. The largest absolute Gasteiger partial charge is 0.426 e. The van der Waals surface area contributed by atoms with Crippen molar-refractivity contribution in [3.8, 4) is 0 Å². The molecule has 2 bridgehead atoms. The maximum atomic E-state index is 14.2. The van der Waals surface area contributed by atoms with Crippen molar-refractivity contribution in [1.29, 1.82) is 0 Å². The quantitative estimate of drug-likeness (QED) is 0.300. The van der Waals surface area contributed by atoms with Crippen molar-refractivity contribution >= 4 is 0 Å². The summed E-state index contributed by atoms with van der Waals surface area (Å²) < 4.78 is 169. The van der Waals surface area contributed by atoms with E-state index < -0.39 is 66.7 Å². The lowest BCUT2D eigenvalue weighted by molar-refractivity contribution is -0.418. The third-order valence-corrected chi connectivity index (χ3v) is 9.89. The molecule has 0 saturated heterocycles. The lowest BCUT2D eigenvalue weighted by Crippen LogP contribution is -2.65. The number of alkyl halides is 12. The maximum absolute atomic E-state index is 14.2. The van der Waals surface area contributed by atoms with Crippen LogP contribution < -0.4 is 0 Å². The summed E-state index contributed by atoms with van der Waals surface area (Å²) in [4.78, 5) is 0. The first-order valence-corrected chi connectivity index (χ1v) is 12.9. The van der Waals surface area contributed by atoms with Crippen LogP contribution >= 0.6 is 0 Å². The Hall–Kier alpha value is -0.920. The Labute approximate surface area is 218 Å². The number of halogens is 12. The average molecular weight is 595 g/mol. The molecular weight excluding hydrogens is 560 g/mol. The lowest BCUT2D eigenvalue weighted by atomic mass is 9.67. The number of hydrogen-bond donors (Lipinski definition) is 1. The number of aliphatic hydroxyl groups is 1. The molecular formula is C25H34F12O2. The van der Waals surface area contributed by atoms with Gasteiger partial charge in [-0.25, -0.2) is 0 Å². The van der Waals surface area contributed by atoms with Crippen molar-refractivity contribution < 1.29 is 62.5 Å². The minimum absolute atomic E-state index is 0.0575. The fraction of sp³-hybridized carbons (Fsp3) is 1.00. The number of hydrogen-bond acceptors (Lipinski definition) is 2. The Morgan fingerprint density at radius 1 is 0.667 bits per heavy atom. The molecule has 3 rings (SSSR count). The molecule has 230 valence electrons. The molecule has 2 nitrogen and oxygen atoms in total. The number of fused-ring (bicyclic) bond motifs is 5. The monoisotopic (exact) mass is 594 g/mol. The Morgan fingerprint density at radius 2 is 1.10 bits per heavy atom. The van der Waals surface area contributed by atoms with Gasteiger partial charge in [0.2, 0.25) is 0 Å². The van der Waals surface area contributed by atoms with Crippen LogP contribution in [0.4, 0.5) is 52.7 Å². The first-order valence-electron chi connectivity index (χ1n) is 12.9. The van der Waals surface area contributed by atoms with E-state index in [0.717, 1.165) is 6.42 Å². The molecule has 0 spiro atoms. The third kappa shape index (κ3) is 5.27. The van der Waals surface area contributed by atoms with Gasteiger partial charge in [-0.1, -0.05) is 20.8 Å². The summed E-state index contributed by atoms with van der Waals surface area (Å²) in [6.45, 7) is 6.49. The molecule has 3 saturated carbocycles.